The van der Waals surface area contributed by atoms with Crippen molar-refractivity contribution in [3.05, 3.63) is 23.3 Å². The van der Waals surface area contributed by atoms with Gasteiger partial charge in [-0.05, 0) is 24.6 Å². The molecule has 1 unspecified atom stereocenters. The molecule has 0 saturated carbocycles. The molecular weight excluding hydrogens is 178 g/mol. The molecule has 0 radical (unpaired) electrons. The Kier molecular flexibility index (Phi) is 2.33. The van der Waals surface area contributed by atoms with Gasteiger partial charge in [0.1, 0.15) is 11.5 Å². The summed E-state index contributed by atoms with van der Waals surface area (Å²) in [6.45, 7) is 3.05. The van der Waals surface area contributed by atoms with E-state index in [1.807, 2.05) is 13.0 Å². The monoisotopic (exact) mass is 193 g/mol. The number of rotatable bonds is 3. The molecule has 1 aromatic carbocycles. The fourth-order valence-corrected chi connectivity index (χ4v) is 1.63. The molecule has 1 N–H and O–H groups in total. The molecule has 1 aliphatic rings. The van der Waals surface area contributed by atoms with E-state index in [2.05, 4.69) is 11.4 Å². The van der Waals surface area contributed by atoms with Crippen LogP contribution in [0.3, 0.4) is 0 Å². The van der Waals surface area contributed by atoms with Crippen LogP contribution in [0.4, 0.5) is 0 Å². The zero-order valence-electron chi connectivity index (χ0n) is 8.76. The number of benzene rings is 1. The molecule has 0 bridgehead atoms. The van der Waals surface area contributed by atoms with Crippen molar-refractivity contribution >= 4 is 0 Å². The van der Waals surface area contributed by atoms with Gasteiger partial charge in [-0.1, -0.05) is 0 Å². The molecule has 1 heterocycles. The average molecular weight is 193 g/mol. The fourth-order valence-electron chi connectivity index (χ4n) is 1.63. The second-order valence-corrected chi connectivity index (χ2v) is 3.52. The smallest absolute Gasteiger partial charge is 0.124 e. The normalized spacial score (nSPS) is 19.2. The predicted molar refractivity (Wildman–Crippen MR) is 55.0 cm³/mol. The summed E-state index contributed by atoms with van der Waals surface area (Å²) >= 11 is 0. The third-order valence-electron chi connectivity index (χ3n) is 2.53. The molecule has 76 valence electrons. The van der Waals surface area contributed by atoms with Crippen LogP contribution in [0.2, 0.25) is 0 Å². The van der Waals surface area contributed by atoms with Gasteiger partial charge in [0.25, 0.3) is 0 Å². The van der Waals surface area contributed by atoms with E-state index in [-0.39, 0.29) is 0 Å². The van der Waals surface area contributed by atoms with Gasteiger partial charge >= 0.3 is 0 Å². The van der Waals surface area contributed by atoms with Crippen molar-refractivity contribution in [2.24, 2.45) is 0 Å². The summed E-state index contributed by atoms with van der Waals surface area (Å²) in [5.74, 6) is 1.87. The highest BCUT2D eigenvalue weighted by Crippen LogP contribution is 2.35. The zero-order chi connectivity index (χ0) is 10.1. The van der Waals surface area contributed by atoms with Gasteiger partial charge in [0.05, 0.1) is 14.2 Å². The summed E-state index contributed by atoms with van der Waals surface area (Å²) in [5.41, 5.74) is 2.30. The minimum atomic E-state index is 0.444. The Morgan fingerprint density at radius 2 is 1.86 bits per heavy atom. The average Bonchev–Trinajstić information content (AvgIpc) is 3.01. The number of hydrogen-bond donors (Lipinski definition) is 1. The largest absolute Gasteiger partial charge is 0.496 e. The van der Waals surface area contributed by atoms with E-state index in [0.29, 0.717) is 6.04 Å². The first-order valence-corrected chi connectivity index (χ1v) is 4.72. The second kappa shape index (κ2) is 3.50. The highest BCUT2D eigenvalue weighted by molar-refractivity contribution is 5.48. The predicted octanol–water partition coefficient (Wildman–Crippen LogP) is 1.66. The number of aryl methyl sites for hydroxylation is 1. The molecule has 14 heavy (non-hydrogen) atoms. The van der Waals surface area contributed by atoms with Crippen LogP contribution in [0.5, 0.6) is 11.5 Å². The number of nitrogens with one attached hydrogen (secondary N) is 1. The summed E-state index contributed by atoms with van der Waals surface area (Å²) in [7, 11) is 3.39. The van der Waals surface area contributed by atoms with Crippen LogP contribution in [-0.4, -0.2) is 20.8 Å². The fraction of sp³-hybridized carbons (Fsp3) is 0.455. The van der Waals surface area contributed by atoms with Crippen LogP contribution < -0.4 is 14.8 Å². The lowest BCUT2D eigenvalue weighted by Crippen LogP contribution is -1.96. The van der Waals surface area contributed by atoms with Crippen molar-refractivity contribution in [3.8, 4) is 11.5 Å². The quantitative estimate of drug-likeness (QED) is 0.742. The van der Waals surface area contributed by atoms with E-state index in [0.717, 1.165) is 23.6 Å². The summed E-state index contributed by atoms with van der Waals surface area (Å²) < 4.78 is 10.6. The Bertz CT molecular complexity index is 345. The minimum absolute atomic E-state index is 0.444. The van der Waals surface area contributed by atoms with Crippen molar-refractivity contribution < 1.29 is 9.47 Å². The lowest BCUT2D eigenvalue weighted by Gasteiger charge is -2.11. The Morgan fingerprint density at radius 1 is 1.21 bits per heavy atom. The van der Waals surface area contributed by atoms with Crippen LogP contribution >= 0.6 is 0 Å². The molecule has 1 aliphatic heterocycles. The molecule has 1 saturated heterocycles. The van der Waals surface area contributed by atoms with E-state index in [9.17, 15) is 0 Å². The van der Waals surface area contributed by atoms with Gasteiger partial charge in [-0.15, -0.1) is 0 Å². The number of hydrogen-bond acceptors (Lipinski definition) is 3. The molecule has 1 atom stereocenters. The van der Waals surface area contributed by atoms with E-state index >= 15 is 0 Å². The minimum Gasteiger partial charge on any atom is -0.496 e. The van der Waals surface area contributed by atoms with Gasteiger partial charge in [-0.3, -0.25) is 0 Å². The van der Waals surface area contributed by atoms with E-state index in [1.54, 1.807) is 14.2 Å². The van der Waals surface area contributed by atoms with Gasteiger partial charge in [-0.2, -0.15) is 0 Å². The lowest BCUT2D eigenvalue weighted by molar-refractivity contribution is 0.396. The molecular formula is C11H15NO2. The maximum absolute atomic E-state index is 5.33. The second-order valence-electron chi connectivity index (χ2n) is 3.52. The molecule has 3 nitrogen and oxygen atoms in total. The Balaban J connectivity index is 2.44. The van der Waals surface area contributed by atoms with Gasteiger partial charge < -0.3 is 14.8 Å². The van der Waals surface area contributed by atoms with Crippen molar-refractivity contribution in [1.29, 1.82) is 0 Å². The maximum Gasteiger partial charge on any atom is 0.124 e. The van der Waals surface area contributed by atoms with Gasteiger partial charge in [0.2, 0.25) is 0 Å². The third kappa shape index (κ3) is 1.55. The first kappa shape index (κ1) is 9.34. The van der Waals surface area contributed by atoms with Crippen LogP contribution in [0.15, 0.2) is 12.1 Å². The molecule has 0 amide bonds. The summed E-state index contributed by atoms with van der Waals surface area (Å²) in [4.78, 5) is 0. The van der Waals surface area contributed by atoms with Crippen molar-refractivity contribution in [2.45, 2.75) is 13.0 Å². The molecule has 1 fully saturated rings. The topological polar surface area (TPSA) is 40.4 Å². The van der Waals surface area contributed by atoms with Crippen LogP contribution in [0.1, 0.15) is 17.2 Å². The lowest BCUT2D eigenvalue weighted by atomic mass is 10.1. The van der Waals surface area contributed by atoms with Gasteiger partial charge in [0.15, 0.2) is 0 Å². The van der Waals surface area contributed by atoms with Crippen LogP contribution in [-0.2, 0) is 0 Å². The Morgan fingerprint density at radius 3 is 2.36 bits per heavy atom. The number of ether oxygens (including phenoxy) is 2. The Hall–Kier alpha value is -1.22. The van der Waals surface area contributed by atoms with Crippen LogP contribution in [0.25, 0.3) is 0 Å². The van der Waals surface area contributed by atoms with Crippen LogP contribution in [0, 0.1) is 6.92 Å². The molecule has 0 aliphatic carbocycles. The van der Waals surface area contributed by atoms with Gasteiger partial charge in [0, 0.05) is 18.2 Å². The maximum atomic E-state index is 5.33. The molecule has 2 rings (SSSR count). The van der Waals surface area contributed by atoms with Crippen molar-refractivity contribution in [1.82, 2.24) is 5.32 Å². The summed E-state index contributed by atoms with van der Waals surface area (Å²) in [5, 5.41) is 3.26. The zero-order valence-corrected chi connectivity index (χ0v) is 8.76. The first-order valence-electron chi connectivity index (χ1n) is 4.72. The summed E-state index contributed by atoms with van der Waals surface area (Å²) in [6, 6.07) is 4.52. The summed E-state index contributed by atoms with van der Waals surface area (Å²) in [6.07, 6.45) is 0. The Labute approximate surface area is 84.0 Å². The third-order valence-corrected chi connectivity index (χ3v) is 2.53. The molecule has 1 aromatic rings. The van der Waals surface area contributed by atoms with E-state index in [1.165, 1.54) is 5.56 Å². The van der Waals surface area contributed by atoms with Gasteiger partial charge in [-0.25, -0.2) is 0 Å². The molecule has 3 heteroatoms. The SMILES string of the molecule is COc1cc(C2CN2)c(OC)cc1C. The van der Waals surface area contributed by atoms with E-state index < -0.39 is 0 Å². The highest BCUT2D eigenvalue weighted by atomic mass is 16.5. The highest BCUT2D eigenvalue weighted by Gasteiger charge is 2.26. The van der Waals surface area contributed by atoms with E-state index in [4.69, 9.17) is 9.47 Å². The molecule has 0 spiro atoms. The van der Waals surface area contributed by atoms with Crippen molar-refractivity contribution in [3.63, 3.8) is 0 Å². The number of methoxy groups -OCH3 is 2. The van der Waals surface area contributed by atoms with Crippen molar-refractivity contribution in [2.75, 3.05) is 20.8 Å². The first-order chi connectivity index (χ1) is 6.76. The molecule has 0 aromatic heterocycles. The standard InChI is InChI=1S/C11H15NO2/c1-7-4-11(14-3)8(9-6-12-9)5-10(7)13-2/h4-5,9,12H,6H2,1-3H3.